The van der Waals surface area contributed by atoms with Gasteiger partial charge in [-0.1, -0.05) is 69.3 Å². The molecule has 1 heteroatoms. The van der Waals surface area contributed by atoms with Crippen molar-refractivity contribution in [1.29, 1.82) is 0 Å². The Morgan fingerprint density at radius 3 is 2.38 bits per heavy atom. The van der Waals surface area contributed by atoms with Gasteiger partial charge < -0.3 is 5.32 Å². The Morgan fingerprint density at radius 2 is 1.67 bits per heavy atom. The second-order valence-electron chi connectivity index (χ2n) is 7.18. The Labute approximate surface area is 128 Å². The van der Waals surface area contributed by atoms with Gasteiger partial charge in [-0.25, -0.2) is 0 Å². The summed E-state index contributed by atoms with van der Waals surface area (Å²) in [6.45, 7) is 8.07. The molecule has 2 aromatic rings. The van der Waals surface area contributed by atoms with E-state index in [0.717, 1.165) is 19.4 Å². The predicted octanol–water partition coefficient (Wildman–Crippen LogP) is 4.46. The van der Waals surface area contributed by atoms with Gasteiger partial charge in [0.2, 0.25) is 0 Å². The summed E-state index contributed by atoms with van der Waals surface area (Å²) < 4.78 is 0. The summed E-state index contributed by atoms with van der Waals surface area (Å²) in [4.78, 5) is 0. The van der Waals surface area contributed by atoms with Gasteiger partial charge in [0, 0.05) is 6.04 Å². The molecule has 0 spiro atoms. The monoisotopic (exact) mass is 279 g/mol. The van der Waals surface area contributed by atoms with E-state index in [1.54, 1.807) is 0 Å². The highest BCUT2D eigenvalue weighted by Gasteiger charge is 2.27. The second kappa shape index (κ2) is 5.65. The molecule has 1 nitrogen and oxygen atoms in total. The van der Waals surface area contributed by atoms with Crippen LogP contribution in [0.1, 0.15) is 31.9 Å². The third-order valence-corrected chi connectivity index (χ3v) is 4.57. The molecule has 1 heterocycles. The minimum absolute atomic E-state index is 0.296. The number of rotatable bonds is 1. The van der Waals surface area contributed by atoms with Crippen molar-refractivity contribution in [1.82, 2.24) is 5.32 Å². The van der Waals surface area contributed by atoms with Crippen molar-refractivity contribution in [3.63, 3.8) is 0 Å². The van der Waals surface area contributed by atoms with E-state index in [2.05, 4.69) is 74.6 Å². The molecule has 1 unspecified atom stereocenters. The second-order valence-corrected chi connectivity index (χ2v) is 7.18. The summed E-state index contributed by atoms with van der Waals surface area (Å²) in [7, 11) is 0. The molecular weight excluding hydrogens is 254 g/mol. The molecule has 1 aliphatic heterocycles. The quantitative estimate of drug-likeness (QED) is 0.813. The maximum Gasteiger partial charge on any atom is 0.0156 e. The Hall–Kier alpha value is -1.60. The van der Waals surface area contributed by atoms with Gasteiger partial charge in [-0.15, -0.1) is 0 Å². The summed E-state index contributed by atoms with van der Waals surface area (Å²) in [6.07, 6.45) is 2.26. The molecule has 1 atom stereocenters. The predicted molar refractivity (Wildman–Crippen MR) is 90.5 cm³/mol. The molecule has 0 amide bonds. The van der Waals surface area contributed by atoms with E-state index in [1.165, 1.54) is 22.3 Å². The average molecular weight is 279 g/mol. The van der Waals surface area contributed by atoms with Gasteiger partial charge in [-0.05, 0) is 47.1 Å². The van der Waals surface area contributed by atoms with Crippen molar-refractivity contribution in [2.45, 2.75) is 39.7 Å². The highest BCUT2D eigenvalue weighted by molar-refractivity contribution is 5.65. The van der Waals surface area contributed by atoms with Gasteiger partial charge >= 0.3 is 0 Å². The Morgan fingerprint density at radius 1 is 0.905 bits per heavy atom. The first-order valence-corrected chi connectivity index (χ1v) is 7.94. The minimum Gasteiger partial charge on any atom is -0.313 e. The third-order valence-electron chi connectivity index (χ3n) is 4.57. The van der Waals surface area contributed by atoms with Gasteiger partial charge in [-0.2, -0.15) is 0 Å². The van der Waals surface area contributed by atoms with E-state index >= 15 is 0 Å². The normalized spacial score (nSPS) is 18.9. The smallest absolute Gasteiger partial charge is 0.0156 e. The van der Waals surface area contributed by atoms with Crippen molar-refractivity contribution < 1.29 is 0 Å². The standard InChI is InChI=1S/C20H25N/c1-20(2,3)19-14-18-13-17(15-7-5-4-6-8-15)10-9-16(18)11-12-21-19/h4-10,13,19,21H,11-12,14H2,1-3H3. The average Bonchev–Trinajstić information content (AvgIpc) is 2.69. The molecule has 0 aromatic heterocycles. The maximum atomic E-state index is 3.73. The summed E-state index contributed by atoms with van der Waals surface area (Å²) in [5.41, 5.74) is 5.97. The molecule has 21 heavy (non-hydrogen) atoms. The topological polar surface area (TPSA) is 12.0 Å². The van der Waals surface area contributed by atoms with Crippen LogP contribution in [0, 0.1) is 5.41 Å². The molecular formula is C20H25N. The summed E-state index contributed by atoms with van der Waals surface area (Å²) in [6, 6.07) is 18.2. The van der Waals surface area contributed by atoms with Crippen LogP contribution in [-0.4, -0.2) is 12.6 Å². The van der Waals surface area contributed by atoms with E-state index in [1.807, 2.05) is 0 Å². The fourth-order valence-electron chi connectivity index (χ4n) is 3.16. The first-order valence-electron chi connectivity index (χ1n) is 7.94. The van der Waals surface area contributed by atoms with E-state index in [0.29, 0.717) is 11.5 Å². The maximum absolute atomic E-state index is 3.73. The van der Waals surface area contributed by atoms with Gasteiger partial charge in [0.1, 0.15) is 0 Å². The molecule has 0 aliphatic carbocycles. The Bertz CT molecular complexity index is 607. The Balaban J connectivity index is 1.96. The summed E-state index contributed by atoms with van der Waals surface area (Å²) in [5, 5.41) is 3.73. The lowest BCUT2D eigenvalue weighted by molar-refractivity contribution is 0.272. The molecule has 1 N–H and O–H groups in total. The molecule has 0 fully saturated rings. The van der Waals surface area contributed by atoms with Crippen LogP contribution < -0.4 is 5.32 Å². The van der Waals surface area contributed by atoms with Gasteiger partial charge in [0.05, 0.1) is 0 Å². The summed E-state index contributed by atoms with van der Waals surface area (Å²) in [5.74, 6) is 0. The van der Waals surface area contributed by atoms with E-state index < -0.39 is 0 Å². The fourth-order valence-corrected chi connectivity index (χ4v) is 3.16. The molecule has 0 saturated carbocycles. The molecule has 2 aromatic carbocycles. The molecule has 3 rings (SSSR count). The van der Waals surface area contributed by atoms with Gasteiger partial charge in [0.25, 0.3) is 0 Å². The number of fused-ring (bicyclic) bond motifs is 1. The highest BCUT2D eigenvalue weighted by Crippen LogP contribution is 2.29. The van der Waals surface area contributed by atoms with Crippen LogP contribution in [0.3, 0.4) is 0 Å². The van der Waals surface area contributed by atoms with Crippen LogP contribution in [0.5, 0.6) is 0 Å². The molecule has 110 valence electrons. The molecule has 1 aliphatic rings. The molecule has 0 radical (unpaired) electrons. The zero-order valence-electron chi connectivity index (χ0n) is 13.3. The Kier molecular flexibility index (Phi) is 3.86. The first-order chi connectivity index (χ1) is 10.0. The van der Waals surface area contributed by atoms with E-state index in [-0.39, 0.29) is 0 Å². The fraction of sp³-hybridized carbons (Fsp3) is 0.400. The van der Waals surface area contributed by atoms with Crippen LogP contribution in [0.25, 0.3) is 11.1 Å². The van der Waals surface area contributed by atoms with Gasteiger partial charge in [0.15, 0.2) is 0 Å². The van der Waals surface area contributed by atoms with Crippen LogP contribution in [0.2, 0.25) is 0 Å². The van der Waals surface area contributed by atoms with E-state index in [9.17, 15) is 0 Å². The molecule has 0 saturated heterocycles. The van der Waals surface area contributed by atoms with E-state index in [4.69, 9.17) is 0 Å². The molecule has 0 bridgehead atoms. The largest absolute Gasteiger partial charge is 0.313 e. The third kappa shape index (κ3) is 3.19. The van der Waals surface area contributed by atoms with Crippen molar-refractivity contribution in [3.8, 4) is 11.1 Å². The number of hydrogen-bond acceptors (Lipinski definition) is 1. The number of nitrogens with one attached hydrogen (secondary N) is 1. The van der Waals surface area contributed by atoms with Crippen LogP contribution >= 0.6 is 0 Å². The van der Waals surface area contributed by atoms with Crippen LogP contribution in [0.15, 0.2) is 48.5 Å². The highest BCUT2D eigenvalue weighted by atomic mass is 14.9. The van der Waals surface area contributed by atoms with Crippen molar-refractivity contribution in [2.24, 2.45) is 5.41 Å². The van der Waals surface area contributed by atoms with Crippen molar-refractivity contribution in [2.75, 3.05) is 6.54 Å². The van der Waals surface area contributed by atoms with Crippen LogP contribution in [0.4, 0.5) is 0 Å². The van der Waals surface area contributed by atoms with Crippen molar-refractivity contribution >= 4 is 0 Å². The zero-order chi connectivity index (χ0) is 14.9. The van der Waals surface area contributed by atoms with Gasteiger partial charge in [-0.3, -0.25) is 0 Å². The minimum atomic E-state index is 0.296. The SMILES string of the molecule is CC(C)(C)C1Cc2cc(-c3ccccc3)ccc2CCN1. The zero-order valence-corrected chi connectivity index (χ0v) is 13.3. The number of hydrogen-bond donors (Lipinski definition) is 1. The first kappa shape index (κ1) is 14.3. The number of benzene rings is 2. The van der Waals surface area contributed by atoms with Crippen molar-refractivity contribution in [3.05, 3.63) is 59.7 Å². The lowest BCUT2D eigenvalue weighted by Crippen LogP contribution is -2.41. The lowest BCUT2D eigenvalue weighted by atomic mass is 9.82. The summed E-state index contributed by atoms with van der Waals surface area (Å²) >= 11 is 0. The van der Waals surface area contributed by atoms with Crippen LogP contribution in [-0.2, 0) is 12.8 Å². The lowest BCUT2D eigenvalue weighted by Gasteiger charge is -2.30.